The van der Waals surface area contributed by atoms with Gasteiger partial charge in [0.15, 0.2) is 0 Å². The molecule has 0 radical (unpaired) electrons. The summed E-state index contributed by atoms with van der Waals surface area (Å²) in [5.41, 5.74) is 6.12. The van der Waals surface area contributed by atoms with Gasteiger partial charge in [-0.3, -0.25) is 9.69 Å². The van der Waals surface area contributed by atoms with Gasteiger partial charge < -0.3 is 15.5 Å². The molecule has 1 saturated carbocycles. The van der Waals surface area contributed by atoms with Crippen molar-refractivity contribution in [1.29, 1.82) is 0 Å². The first-order valence-corrected chi connectivity index (χ1v) is 8.34. The van der Waals surface area contributed by atoms with Crippen molar-refractivity contribution >= 4 is 5.91 Å². The van der Waals surface area contributed by atoms with Crippen molar-refractivity contribution in [2.75, 3.05) is 53.4 Å². The van der Waals surface area contributed by atoms with Crippen molar-refractivity contribution < 1.29 is 4.79 Å². The predicted octanol–water partition coefficient (Wildman–Crippen LogP) is 0.600. The molecule has 5 nitrogen and oxygen atoms in total. The highest BCUT2D eigenvalue weighted by atomic mass is 16.2. The first-order valence-electron chi connectivity index (χ1n) is 8.34. The van der Waals surface area contributed by atoms with E-state index in [9.17, 15) is 4.79 Å². The zero-order valence-corrected chi connectivity index (χ0v) is 14.0. The Labute approximate surface area is 129 Å². The van der Waals surface area contributed by atoms with Gasteiger partial charge in [0.1, 0.15) is 0 Å². The molecule has 1 heterocycles. The lowest BCUT2D eigenvalue weighted by molar-refractivity contribution is -0.135. The van der Waals surface area contributed by atoms with E-state index in [1.165, 1.54) is 12.8 Å². The number of likely N-dealkylation sites (N-methyl/N-ethyl adjacent to an activating group) is 2. The Kier molecular flexibility index (Phi) is 5.63. The lowest BCUT2D eigenvalue weighted by Gasteiger charge is -2.46. The van der Waals surface area contributed by atoms with Crippen molar-refractivity contribution in [3.05, 3.63) is 0 Å². The van der Waals surface area contributed by atoms with Crippen LogP contribution in [0.1, 0.15) is 32.6 Å². The standard InChI is InChI=1S/C16H32N4O/c1-14-4-6-16(13-17,7-5-14)19(3)12-15(21)20-10-8-18(2)9-11-20/h14H,4-13,17H2,1-3H3. The number of nitrogens with two attached hydrogens (primary N) is 1. The second-order valence-corrected chi connectivity index (χ2v) is 7.15. The molecule has 0 aromatic rings. The summed E-state index contributed by atoms with van der Waals surface area (Å²) in [5.74, 6) is 1.06. The molecule has 2 rings (SSSR count). The van der Waals surface area contributed by atoms with E-state index < -0.39 is 0 Å². The lowest BCUT2D eigenvalue weighted by Crippen LogP contribution is -2.57. The molecule has 0 atom stereocenters. The zero-order valence-electron chi connectivity index (χ0n) is 14.0. The molecular weight excluding hydrogens is 264 g/mol. The first-order chi connectivity index (χ1) is 9.97. The largest absolute Gasteiger partial charge is 0.339 e. The highest BCUT2D eigenvalue weighted by molar-refractivity contribution is 5.78. The Morgan fingerprint density at radius 2 is 1.81 bits per heavy atom. The van der Waals surface area contributed by atoms with Gasteiger partial charge in [0.2, 0.25) is 5.91 Å². The van der Waals surface area contributed by atoms with Crippen molar-refractivity contribution in [2.24, 2.45) is 11.7 Å². The van der Waals surface area contributed by atoms with Crippen LogP contribution < -0.4 is 5.73 Å². The van der Waals surface area contributed by atoms with Crippen LogP contribution in [-0.2, 0) is 4.79 Å². The van der Waals surface area contributed by atoms with Crippen LogP contribution in [0.3, 0.4) is 0 Å². The molecule has 0 aromatic carbocycles. The second-order valence-electron chi connectivity index (χ2n) is 7.15. The number of hydrogen-bond donors (Lipinski definition) is 1. The van der Waals surface area contributed by atoms with Crippen molar-refractivity contribution in [2.45, 2.75) is 38.1 Å². The number of piperazine rings is 1. The highest BCUT2D eigenvalue weighted by Gasteiger charge is 2.37. The van der Waals surface area contributed by atoms with E-state index in [1.807, 2.05) is 4.90 Å². The molecule has 1 aliphatic heterocycles. The summed E-state index contributed by atoms with van der Waals surface area (Å²) < 4.78 is 0. The fourth-order valence-corrected chi connectivity index (χ4v) is 3.57. The maximum atomic E-state index is 12.5. The van der Waals surface area contributed by atoms with Gasteiger partial charge in [-0.1, -0.05) is 6.92 Å². The third-order valence-electron chi connectivity index (χ3n) is 5.62. The third-order valence-corrected chi connectivity index (χ3v) is 5.62. The van der Waals surface area contributed by atoms with Gasteiger partial charge in [0, 0.05) is 38.3 Å². The molecule has 0 bridgehead atoms. The van der Waals surface area contributed by atoms with Crippen LogP contribution in [0, 0.1) is 5.92 Å². The summed E-state index contributed by atoms with van der Waals surface area (Å²) in [4.78, 5) is 19.0. The molecule has 0 spiro atoms. The van der Waals surface area contributed by atoms with Gasteiger partial charge in [-0.2, -0.15) is 0 Å². The molecule has 1 saturated heterocycles. The molecule has 2 fully saturated rings. The Bertz CT molecular complexity index is 344. The zero-order chi connectivity index (χ0) is 15.5. The van der Waals surface area contributed by atoms with Gasteiger partial charge >= 0.3 is 0 Å². The minimum Gasteiger partial charge on any atom is -0.339 e. The fraction of sp³-hybridized carbons (Fsp3) is 0.938. The number of carbonyl (C=O) groups is 1. The van der Waals surface area contributed by atoms with E-state index in [1.54, 1.807) is 0 Å². The fourth-order valence-electron chi connectivity index (χ4n) is 3.57. The quantitative estimate of drug-likeness (QED) is 0.825. The van der Waals surface area contributed by atoms with Crippen molar-refractivity contribution in [3.8, 4) is 0 Å². The summed E-state index contributed by atoms with van der Waals surface area (Å²) >= 11 is 0. The summed E-state index contributed by atoms with van der Waals surface area (Å²) in [5, 5.41) is 0. The van der Waals surface area contributed by atoms with Crippen LogP contribution >= 0.6 is 0 Å². The van der Waals surface area contributed by atoms with Crippen molar-refractivity contribution in [3.63, 3.8) is 0 Å². The van der Waals surface area contributed by atoms with E-state index in [4.69, 9.17) is 5.73 Å². The maximum absolute atomic E-state index is 12.5. The van der Waals surface area contributed by atoms with Gasteiger partial charge in [0.25, 0.3) is 0 Å². The Morgan fingerprint density at radius 1 is 1.24 bits per heavy atom. The number of rotatable bonds is 4. The molecule has 0 unspecified atom stereocenters. The topological polar surface area (TPSA) is 52.8 Å². The van der Waals surface area contributed by atoms with Crippen LogP contribution in [0.4, 0.5) is 0 Å². The van der Waals surface area contributed by atoms with Crippen LogP contribution in [-0.4, -0.2) is 79.5 Å². The predicted molar refractivity (Wildman–Crippen MR) is 86.1 cm³/mol. The highest BCUT2D eigenvalue weighted by Crippen LogP contribution is 2.35. The average molecular weight is 296 g/mol. The summed E-state index contributed by atoms with van der Waals surface area (Å²) in [7, 11) is 4.19. The minimum atomic E-state index is 0.0365. The molecule has 2 aliphatic rings. The normalized spacial score (nSPS) is 31.7. The Hall–Kier alpha value is -0.650. The summed E-state index contributed by atoms with van der Waals surface area (Å²) in [6.45, 7) is 7.16. The van der Waals surface area contributed by atoms with Gasteiger partial charge in [-0.15, -0.1) is 0 Å². The Morgan fingerprint density at radius 3 is 2.33 bits per heavy atom. The van der Waals surface area contributed by atoms with Crippen molar-refractivity contribution in [1.82, 2.24) is 14.7 Å². The molecular formula is C16H32N4O. The number of nitrogens with zero attached hydrogens (tertiary/aromatic N) is 3. The number of carbonyl (C=O) groups excluding carboxylic acids is 1. The van der Waals surface area contributed by atoms with Gasteiger partial charge in [0.05, 0.1) is 6.54 Å². The third kappa shape index (κ3) is 3.96. The van der Waals surface area contributed by atoms with E-state index in [0.717, 1.165) is 44.9 Å². The average Bonchev–Trinajstić information content (AvgIpc) is 2.49. The monoisotopic (exact) mass is 296 g/mol. The molecule has 2 N–H and O–H groups in total. The minimum absolute atomic E-state index is 0.0365. The smallest absolute Gasteiger partial charge is 0.236 e. The van der Waals surface area contributed by atoms with E-state index in [0.29, 0.717) is 13.1 Å². The summed E-state index contributed by atoms with van der Waals surface area (Å²) in [6.07, 6.45) is 4.70. The number of amides is 1. The lowest BCUT2D eigenvalue weighted by atomic mass is 9.76. The maximum Gasteiger partial charge on any atom is 0.236 e. The van der Waals surface area contributed by atoms with Crippen LogP contribution in [0.5, 0.6) is 0 Å². The summed E-state index contributed by atoms with van der Waals surface area (Å²) in [6, 6.07) is 0. The van der Waals surface area contributed by atoms with E-state index >= 15 is 0 Å². The molecule has 21 heavy (non-hydrogen) atoms. The Balaban J connectivity index is 1.90. The van der Waals surface area contributed by atoms with E-state index in [-0.39, 0.29) is 11.4 Å². The first kappa shape index (κ1) is 16.7. The number of hydrogen-bond acceptors (Lipinski definition) is 4. The van der Waals surface area contributed by atoms with Crippen LogP contribution in [0.15, 0.2) is 0 Å². The van der Waals surface area contributed by atoms with E-state index in [2.05, 4.69) is 30.8 Å². The van der Waals surface area contributed by atoms with Crippen LogP contribution in [0.2, 0.25) is 0 Å². The second kappa shape index (κ2) is 7.07. The van der Waals surface area contributed by atoms with Gasteiger partial charge in [-0.05, 0) is 45.7 Å². The van der Waals surface area contributed by atoms with Crippen LogP contribution in [0.25, 0.3) is 0 Å². The molecule has 1 aliphatic carbocycles. The molecule has 122 valence electrons. The SMILES string of the molecule is CC1CCC(CN)(N(C)CC(=O)N2CCN(C)CC2)CC1. The molecule has 0 aromatic heterocycles. The molecule has 1 amide bonds. The van der Waals surface area contributed by atoms with Gasteiger partial charge in [-0.25, -0.2) is 0 Å². The molecule has 5 heteroatoms.